The standard InChI is InChI=1S/C15H16O3/c1-7-5-12-13(9(3)10(4)15(16)18-12)14-11(7)6-8(2)17-14/h5,8H,6H2,1-4H3. The molecule has 0 saturated carbocycles. The molecule has 0 spiro atoms. The van der Waals surface area contributed by atoms with E-state index >= 15 is 0 Å². The van der Waals surface area contributed by atoms with Crippen molar-refractivity contribution in [2.75, 3.05) is 0 Å². The van der Waals surface area contributed by atoms with Crippen LogP contribution < -0.4 is 10.4 Å². The second-order valence-corrected chi connectivity index (χ2v) is 5.15. The fourth-order valence-corrected chi connectivity index (χ4v) is 2.66. The zero-order chi connectivity index (χ0) is 13.0. The SMILES string of the molecule is Cc1cc2oc(=O)c(C)c(C)c2c2c1CC(C)O2. The van der Waals surface area contributed by atoms with E-state index in [0.717, 1.165) is 28.7 Å². The van der Waals surface area contributed by atoms with E-state index in [0.29, 0.717) is 11.1 Å². The predicted molar refractivity (Wildman–Crippen MR) is 70.5 cm³/mol. The maximum Gasteiger partial charge on any atom is 0.339 e. The molecule has 0 aliphatic carbocycles. The lowest BCUT2D eigenvalue weighted by molar-refractivity contribution is 0.257. The molecule has 0 amide bonds. The van der Waals surface area contributed by atoms with Gasteiger partial charge in [0.05, 0.1) is 5.39 Å². The Balaban J connectivity index is 2.49. The van der Waals surface area contributed by atoms with Crippen molar-refractivity contribution in [3.8, 4) is 5.75 Å². The summed E-state index contributed by atoms with van der Waals surface area (Å²) in [5.41, 5.74) is 4.38. The minimum Gasteiger partial charge on any atom is -0.489 e. The smallest absolute Gasteiger partial charge is 0.339 e. The highest BCUT2D eigenvalue weighted by Gasteiger charge is 2.26. The zero-order valence-corrected chi connectivity index (χ0v) is 11.1. The maximum atomic E-state index is 11.7. The largest absolute Gasteiger partial charge is 0.489 e. The van der Waals surface area contributed by atoms with Gasteiger partial charge in [-0.25, -0.2) is 4.79 Å². The van der Waals surface area contributed by atoms with Crippen molar-refractivity contribution in [2.45, 2.75) is 40.2 Å². The highest BCUT2D eigenvalue weighted by atomic mass is 16.5. The molecule has 1 unspecified atom stereocenters. The average Bonchev–Trinajstić information content (AvgIpc) is 2.68. The molecule has 1 aliphatic rings. The summed E-state index contributed by atoms with van der Waals surface area (Å²) in [6.07, 6.45) is 1.12. The number of rotatable bonds is 0. The van der Waals surface area contributed by atoms with Crippen molar-refractivity contribution in [1.82, 2.24) is 0 Å². The van der Waals surface area contributed by atoms with E-state index < -0.39 is 0 Å². The average molecular weight is 244 g/mol. The Labute approximate surface area is 105 Å². The van der Waals surface area contributed by atoms with Gasteiger partial charge in [-0.3, -0.25) is 0 Å². The minimum atomic E-state index is -0.259. The Morgan fingerprint density at radius 1 is 1.22 bits per heavy atom. The molecule has 3 heteroatoms. The molecule has 3 rings (SSSR count). The van der Waals surface area contributed by atoms with Gasteiger partial charge >= 0.3 is 5.63 Å². The Morgan fingerprint density at radius 2 is 1.94 bits per heavy atom. The third-order valence-electron chi connectivity index (χ3n) is 3.83. The van der Waals surface area contributed by atoms with Gasteiger partial charge in [0, 0.05) is 17.5 Å². The van der Waals surface area contributed by atoms with Crippen LogP contribution in [0.5, 0.6) is 5.75 Å². The lowest BCUT2D eigenvalue weighted by Crippen LogP contribution is -2.07. The van der Waals surface area contributed by atoms with E-state index in [-0.39, 0.29) is 11.7 Å². The van der Waals surface area contributed by atoms with E-state index in [1.807, 2.05) is 19.9 Å². The van der Waals surface area contributed by atoms with Gasteiger partial charge in [-0.15, -0.1) is 0 Å². The van der Waals surface area contributed by atoms with Crippen LogP contribution >= 0.6 is 0 Å². The van der Waals surface area contributed by atoms with Gasteiger partial charge in [0.1, 0.15) is 17.4 Å². The van der Waals surface area contributed by atoms with Crippen molar-refractivity contribution >= 4 is 11.0 Å². The molecule has 3 nitrogen and oxygen atoms in total. The van der Waals surface area contributed by atoms with Gasteiger partial charge < -0.3 is 9.15 Å². The Kier molecular flexibility index (Phi) is 2.27. The molecule has 0 bridgehead atoms. The first kappa shape index (κ1) is 11.3. The monoisotopic (exact) mass is 244 g/mol. The summed E-state index contributed by atoms with van der Waals surface area (Å²) in [7, 11) is 0. The Hall–Kier alpha value is -1.77. The number of aryl methyl sites for hydroxylation is 2. The molecular weight excluding hydrogens is 228 g/mol. The lowest BCUT2D eigenvalue weighted by atomic mass is 9.98. The highest BCUT2D eigenvalue weighted by Crippen LogP contribution is 2.40. The van der Waals surface area contributed by atoms with Crippen LogP contribution in [0.3, 0.4) is 0 Å². The van der Waals surface area contributed by atoms with E-state index in [2.05, 4.69) is 6.92 Å². The van der Waals surface area contributed by atoms with Gasteiger partial charge in [-0.2, -0.15) is 0 Å². The molecule has 18 heavy (non-hydrogen) atoms. The molecule has 1 aromatic heterocycles. The zero-order valence-electron chi connectivity index (χ0n) is 11.1. The van der Waals surface area contributed by atoms with Crippen molar-refractivity contribution in [3.63, 3.8) is 0 Å². The molecule has 0 fully saturated rings. The van der Waals surface area contributed by atoms with E-state index in [1.165, 1.54) is 5.56 Å². The summed E-state index contributed by atoms with van der Waals surface area (Å²) in [5.74, 6) is 0.904. The fraction of sp³-hybridized carbons (Fsp3) is 0.400. The summed E-state index contributed by atoms with van der Waals surface area (Å²) in [6, 6.07) is 1.95. The summed E-state index contributed by atoms with van der Waals surface area (Å²) in [4.78, 5) is 11.7. The molecular formula is C15H16O3. The second kappa shape index (κ2) is 3.61. The lowest BCUT2D eigenvalue weighted by Gasteiger charge is -2.11. The van der Waals surface area contributed by atoms with Crippen molar-refractivity contribution in [1.29, 1.82) is 0 Å². The van der Waals surface area contributed by atoms with E-state index in [1.54, 1.807) is 6.92 Å². The van der Waals surface area contributed by atoms with Crippen LogP contribution in [0.25, 0.3) is 11.0 Å². The number of ether oxygens (including phenoxy) is 1. The number of fused-ring (bicyclic) bond motifs is 3. The fourth-order valence-electron chi connectivity index (χ4n) is 2.66. The molecule has 1 atom stereocenters. The maximum absolute atomic E-state index is 11.7. The summed E-state index contributed by atoms with van der Waals surface area (Å²) in [5, 5.41) is 0.956. The van der Waals surface area contributed by atoms with Crippen LogP contribution in [0.1, 0.15) is 29.2 Å². The van der Waals surface area contributed by atoms with Crippen LogP contribution in [-0.4, -0.2) is 6.10 Å². The van der Waals surface area contributed by atoms with Crippen molar-refractivity contribution in [2.24, 2.45) is 0 Å². The summed E-state index contributed by atoms with van der Waals surface area (Å²) < 4.78 is 11.3. The quantitative estimate of drug-likeness (QED) is 0.669. The first-order chi connectivity index (χ1) is 8.49. The van der Waals surface area contributed by atoms with Crippen LogP contribution in [-0.2, 0) is 6.42 Å². The van der Waals surface area contributed by atoms with E-state index in [4.69, 9.17) is 9.15 Å². The number of benzene rings is 1. The molecule has 1 aromatic carbocycles. The van der Waals surface area contributed by atoms with Gasteiger partial charge in [0.2, 0.25) is 0 Å². The summed E-state index contributed by atoms with van der Waals surface area (Å²) >= 11 is 0. The third-order valence-corrected chi connectivity index (χ3v) is 3.83. The van der Waals surface area contributed by atoms with Crippen LogP contribution in [0.15, 0.2) is 15.3 Å². The van der Waals surface area contributed by atoms with Crippen LogP contribution in [0, 0.1) is 20.8 Å². The highest BCUT2D eigenvalue weighted by molar-refractivity contribution is 5.90. The molecule has 0 N–H and O–H groups in total. The third kappa shape index (κ3) is 1.40. The number of hydrogen-bond donors (Lipinski definition) is 0. The topological polar surface area (TPSA) is 39.4 Å². The Bertz CT molecular complexity index is 710. The normalized spacial score (nSPS) is 17.9. The molecule has 2 aromatic rings. The minimum absolute atomic E-state index is 0.191. The van der Waals surface area contributed by atoms with Crippen LogP contribution in [0.4, 0.5) is 0 Å². The van der Waals surface area contributed by atoms with Gasteiger partial charge in [-0.05, 0) is 44.9 Å². The second-order valence-electron chi connectivity index (χ2n) is 5.15. The Morgan fingerprint density at radius 3 is 2.67 bits per heavy atom. The van der Waals surface area contributed by atoms with Gasteiger partial charge in [-0.1, -0.05) is 0 Å². The first-order valence-corrected chi connectivity index (χ1v) is 6.22. The first-order valence-electron chi connectivity index (χ1n) is 6.22. The molecule has 2 heterocycles. The molecule has 1 aliphatic heterocycles. The van der Waals surface area contributed by atoms with Gasteiger partial charge in [0.25, 0.3) is 0 Å². The van der Waals surface area contributed by atoms with Crippen molar-refractivity contribution < 1.29 is 9.15 Å². The van der Waals surface area contributed by atoms with Gasteiger partial charge in [0.15, 0.2) is 0 Å². The van der Waals surface area contributed by atoms with E-state index in [9.17, 15) is 4.79 Å². The molecule has 94 valence electrons. The predicted octanol–water partition coefficient (Wildman–Crippen LogP) is 3.04. The number of hydrogen-bond acceptors (Lipinski definition) is 3. The summed E-state index contributed by atoms with van der Waals surface area (Å²) in [6.45, 7) is 7.85. The molecule has 0 radical (unpaired) electrons. The van der Waals surface area contributed by atoms with Crippen molar-refractivity contribution in [3.05, 3.63) is 38.7 Å². The molecule has 0 saturated heterocycles. The van der Waals surface area contributed by atoms with Crippen LogP contribution in [0.2, 0.25) is 0 Å².